The van der Waals surface area contributed by atoms with Crippen LogP contribution >= 0.6 is 0 Å². The molecule has 1 saturated heterocycles. The van der Waals surface area contributed by atoms with Gasteiger partial charge in [-0.2, -0.15) is 0 Å². The maximum atomic E-state index is 14.6. The van der Waals surface area contributed by atoms with Gasteiger partial charge in [-0.05, 0) is 48.4 Å². The number of hydrogen-bond acceptors (Lipinski definition) is 7. The lowest BCUT2D eigenvalue weighted by molar-refractivity contribution is -0.136. The molecule has 2 aliphatic rings. The third kappa shape index (κ3) is 5.41. The second kappa shape index (κ2) is 11.0. The number of halogens is 2. The number of amides is 4. The third-order valence-corrected chi connectivity index (χ3v) is 6.52. The second-order valence-corrected chi connectivity index (χ2v) is 9.09. The van der Waals surface area contributed by atoms with E-state index in [1.807, 2.05) is 0 Å². The van der Waals surface area contributed by atoms with Crippen LogP contribution in [0.5, 0.6) is 17.2 Å². The molecule has 0 spiro atoms. The number of rotatable bonds is 7. The fraction of sp³-hybridized carbons (Fsp3) is 0.214. The molecule has 206 valence electrons. The Morgan fingerprint density at radius 3 is 2.50 bits per heavy atom. The van der Waals surface area contributed by atoms with E-state index in [0.29, 0.717) is 16.9 Å². The lowest BCUT2D eigenvalue weighted by Gasteiger charge is -2.29. The minimum atomic E-state index is -0.954. The molecule has 1 fully saturated rings. The van der Waals surface area contributed by atoms with Gasteiger partial charge in [0, 0.05) is 24.6 Å². The molecule has 12 heteroatoms. The average molecular weight is 552 g/mol. The minimum absolute atomic E-state index is 0.131. The number of nitrogens with one attached hydrogen (secondary N) is 2. The Labute approximate surface area is 226 Å². The van der Waals surface area contributed by atoms with Gasteiger partial charge in [0.25, 0.3) is 5.91 Å². The number of carbonyl (C=O) groups excluding carboxylic acids is 4. The smallest absolute Gasteiger partial charge is 0.412 e. The van der Waals surface area contributed by atoms with Gasteiger partial charge < -0.3 is 19.1 Å². The summed E-state index contributed by atoms with van der Waals surface area (Å²) < 4.78 is 43.8. The average Bonchev–Trinajstić information content (AvgIpc) is 3.26. The maximum absolute atomic E-state index is 14.6. The van der Waals surface area contributed by atoms with Crippen LogP contribution in [0, 0.1) is 11.6 Å². The molecule has 0 radical (unpaired) electrons. The van der Waals surface area contributed by atoms with E-state index in [9.17, 15) is 28.0 Å². The summed E-state index contributed by atoms with van der Waals surface area (Å²) in [6.45, 7) is -0.125. The molecule has 0 saturated carbocycles. The van der Waals surface area contributed by atoms with E-state index in [4.69, 9.17) is 14.2 Å². The van der Waals surface area contributed by atoms with Crippen LogP contribution in [0.1, 0.15) is 34.3 Å². The van der Waals surface area contributed by atoms with Gasteiger partial charge in [-0.15, -0.1) is 0 Å². The van der Waals surface area contributed by atoms with Gasteiger partial charge in [0.05, 0.1) is 18.4 Å². The van der Waals surface area contributed by atoms with E-state index in [1.165, 1.54) is 48.4 Å². The van der Waals surface area contributed by atoms with Crippen LogP contribution in [-0.2, 0) is 27.5 Å². The predicted molar refractivity (Wildman–Crippen MR) is 136 cm³/mol. The van der Waals surface area contributed by atoms with Crippen LogP contribution in [0.4, 0.5) is 19.3 Å². The van der Waals surface area contributed by atoms with Crippen LogP contribution in [-0.4, -0.2) is 41.9 Å². The van der Waals surface area contributed by atoms with Crippen LogP contribution in [0.3, 0.4) is 0 Å². The molecule has 2 heterocycles. The van der Waals surface area contributed by atoms with Crippen molar-refractivity contribution in [3.8, 4) is 17.2 Å². The predicted octanol–water partition coefficient (Wildman–Crippen LogP) is 4.28. The van der Waals surface area contributed by atoms with Gasteiger partial charge in [0.15, 0.2) is 5.82 Å². The number of methoxy groups -OCH3 is 1. The van der Waals surface area contributed by atoms with E-state index < -0.39 is 35.6 Å². The number of ether oxygens (including phenoxy) is 3. The van der Waals surface area contributed by atoms with E-state index in [2.05, 4.69) is 10.6 Å². The first kappa shape index (κ1) is 26.6. The fourth-order valence-corrected chi connectivity index (χ4v) is 4.60. The number of hydrogen-bond donors (Lipinski definition) is 2. The van der Waals surface area contributed by atoms with E-state index >= 15 is 0 Å². The molecule has 3 aromatic rings. The number of nitrogens with zero attached hydrogens (tertiary/aromatic N) is 1. The highest BCUT2D eigenvalue weighted by atomic mass is 19.1. The van der Waals surface area contributed by atoms with Crippen molar-refractivity contribution in [1.29, 1.82) is 0 Å². The number of anilines is 1. The Balaban J connectivity index is 1.23. The van der Waals surface area contributed by atoms with Crippen molar-refractivity contribution in [3.05, 3.63) is 82.9 Å². The molecule has 2 N–H and O–H groups in total. The molecule has 40 heavy (non-hydrogen) atoms. The van der Waals surface area contributed by atoms with E-state index in [0.717, 1.165) is 6.07 Å². The summed E-state index contributed by atoms with van der Waals surface area (Å²) in [5, 5.41) is 4.56. The highest BCUT2D eigenvalue weighted by Crippen LogP contribution is 2.36. The molecular formula is C28H23F2N3O7. The largest absolute Gasteiger partial charge is 0.495 e. The van der Waals surface area contributed by atoms with Crippen LogP contribution in [0.15, 0.2) is 54.6 Å². The summed E-state index contributed by atoms with van der Waals surface area (Å²) in [6.07, 6.45) is -0.601. The molecule has 5 rings (SSSR count). The molecule has 0 aliphatic carbocycles. The number of fused-ring (bicyclic) bond motifs is 1. The monoisotopic (exact) mass is 551 g/mol. The summed E-state index contributed by atoms with van der Waals surface area (Å²) in [5.74, 6) is -1.92. The zero-order valence-corrected chi connectivity index (χ0v) is 21.2. The lowest BCUT2D eigenvalue weighted by atomic mass is 10.0. The quantitative estimate of drug-likeness (QED) is 0.421. The second-order valence-electron chi connectivity index (χ2n) is 9.09. The summed E-state index contributed by atoms with van der Waals surface area (Å²) in [6, 6.07) is 11.5. The molecule has 0 aromatic heterocycles. The molecule has 1 atom stereocenters. The molecule has 1 unspecified atom stereocenters. The van der Waals surface area contributed by atoms with Crippen LogP contribution in [0.2, 0.25) is 0 Å². The van der Waals surface area contributed by atoms with Gasteiger partial charge in [-0.25, -0.2) is 13.6 Å². The topological polar surface area (TPSA) is 123 Å². The van der Waals surface area contributed by atoms with Gasteiger partial charge in [0.2, 0.25) is 11.8 Å². The van der Waals surface area contributed by atoms with Gasteiger partial charge in [-0.3, -0.25) is 25.0 Å². The Morgan fingerprint density at radius 2 is 1.80 bits per heavy atom. The van der Waals surface area contributed by atoms with Crippen molar-refractivity contribution in [2.75, 3.05) is 12.4 Å². The van der Waals surface area contributed by atoms with Crippen molar-refractivity contribution < 1.29 is 42.2 Å². The highest BCUT2D eigenvalue weighted by molar-refractivity contribution is 6.06. The standard InChI is InChI=1S/C28H23F2N3O7/c1-38-25-16(3-2-15-13-33(27(36)24(15)25)22-10-11-23(34)32-26(22)35)14-39-28(37)31-21-9-8-19(12-20(21)30)40-18-6-4-17(29)5-7-18/h2-9,12,22H,10-11,13-14H2,1H3,(H,31,37)(H,32,34,35). The Morgan fingerprint density at radius 1 is 1.05 bits per heavy atom. The first-order chi connectivity index (χ1) is 19.2. The first-order valence-electron chi connectivity index (χ1n) is 12.2. The lowest BCUT2D eigenvalue weighted by Crippen LogP contribution is -2.52. The number of carbonyl (C=O) groups is 4. The zero-order chi connectivity index (χ0) is 28.4. The Kier molecular flexibility index (Phi) is 7.32. The molecular weight excluding hydrogens is 528 g/mol. The van der Waals surface area contributed by atoms with Crippen molar-refractivity contribution in [2.45, 2.75) is 32.0 Å². The van der Waals surface area contributed by atoms with Gasteiger partial charge in [0.1, 0.15) is 35.7 Å². The molecule has 2 aliphatic heterocycles. The summed E-state index contributed by atoms with van der Waals surface area (Å²) in [7, 11) is 1.37. The summed E-state index contributed by atoms with van der Waals surface area (Å²) in [4.78, 5) is 50.8. The van der Waals surface area contributed by atoms with Gasteiger partial charge >= 0.3 is 6.09 Å². The van der Waals surface area contributed by atoms with Crippen molar-refractivity contribution >= 4 is 29.5 Å². The normalized spacial score (nSPS) is 16.3. The molecule has 0 bridgehead atoms. The number of benzene rings is 3. The maximum Gasteiger partial charge on any atom is 0.412 e. The van der Waals surface area contributed by atoms with Crippen molar-refractivity contribution in [3.63, 3.8) is 0 Å². The highest BCUT2D eigenvalue weighted by Gasteiger charge is 2.41. The summed E-state index contributed by atoms with van der Waals surface area (Å²) >= 11 is 0. The van der Waals surface area contributed by atoms with Crippen molar-refractivity contribution in [2.24, 2.45) is 0 Å². The SMILES string of the molecule is COc1c(COC(=O)Nc2ccc(Oc3ccc(F)cc3)cc2F)ccc2c1C(=O)N(C1CCC(=O)NC1=O)C2. The third-order valence-electron chi connectivity index (χ3n) is 6.52. The van der Waals surface area contributed by atoms with E-state index in [-0.39, 0.29) is 54.7 Å². The minimum Gasteiger partial charge on any atom is -0.495 e. The van der Waals surface area contributed by atoms with Crippen LogP contribution in [0.25, 0.3) is 0 Å². The Hall–Kier alpha value is -5.00. The molecule has 4 amide bonds. The number of imide groups is 1. The Bertz CT molecular complexity index is 1510. The first-order valence-corrected chi connectivity index (χ1v) is 12.2. The molecule has 10 nitrogen and oxygen atoms in total. The zero-order valence-electron chi connectivity index (χ0n) is 21.2. The summed E-state index contributed by atoms with van der Waals surface area (Å²) in [5.41, 5.74) is 1.10. The van der Waals surface area contributed by atoms with Crippen LogP contribution < -0.4 is 20.1 Å². The van der Waals surface area contributed by atoms with Crippen molar-refractivity contribution in [1.82, 2.24) is 10.2 Å². The molecule has 3 aromatic carbocycles. The van der Waals surface area contributed by atoms with E-state index in [1.54, 1.807) is 12.1 Å². The number of piperidine rings is 1. The fourth-order valence-electron chi connectivity index (χ4n) is 4.60. The van der Waals surface area contributed by atoms with Gasteiger partial charge in [-0.1, -0.05) is 12.1 Å².